The van der Waals surface area contributed by atoms with Crippen LogP contribution in [0.1, 0.15) is 5.56 Å². The Morgan fingerprint density at radius 3 is 2.94 bits per heavy atom. The number of hydrogen-bond acceptors (Lipinski definition) is 3. The number of aryl methyl sites for hydroxylation is 1. The van der Waals surface area contributed by atoms with Crippen molar-refractivity contribution in [2.45, 2.75) is 12.7 Å². The molecule has 17 heavy (non-hydrogen) atoms. The second-order valence-electron chi connectivity index (χ2n) is 4.18. The summed E-state index contributed by atoms with van der Waals surface area (Å²) in [7, 11) is 1.76. The summed E-state index contributed by atoms with van der Waals surface area (Å²) in [6, 6.07) is 5.83. The molecule has 1 saturated heterocycles. The van der Waals surface area contributed by atoms with E-state index >= 15 is 0 Å². The monoisotopic (exact) mass is 234 g/mol. The fraction of sp³-hybridized carbons (Fsp3) is 0.417. The molecule has 1 aliphatic heterocycles. The standard InChI is InChI=1S/C12H14N2O3/c1-14-11-8(7-10-16-5-6-17-10)3-2-4-9(11)13-12(14)15/h2-4,10H,5-7H2,1H3,(H,13,15). The van der Waals surface area contributed by atoms with E-state index in [4.69, 9.17) is 9.47 Å². The van der Waals surface area contributed by atoms with E-state index < -0.39 is 0 Å². The lowest BCUT2D eigenvalue weighted by atomic mass is 10.1. The van der Waals surface area contributed by atoms with Crippen LogP contribution in [0.25, 0.3) is 11.0 Å². The minimum atomic E-state index is -0.189. The maximum Gasteiger partial charge on any atom is 0.326 e. The second-order valence-corrected chi connectivity index (χ2v) is 4.18. The molecule has 0 spiro atoms. The summed E-state index contributed by atoms with van der Waals surface area (Å²) in [6.07, 6.45) is 0.480. The number of nitrogens with zero attached hydrogens (tertiary/aromatic N) is 1. The van der Waals surface area contributed by atoms with Crippen LogP contribution in [-0.4, -0.2) is 29.1 Å². The lowest BCUT2D eigenvalue weighted by Gasteiger charge is -2.10. The molecule has 3 rings (SSSR count). The maximum atomic E-state index is 11.6. The summed E-state index contributed by atoms with van der Waals surface area (Å²) in [5.41, 5.74) is 2.75. The highest BCUT2D eigenvalue weighted by Crippen LogP contribution is 2.19. The van der Waals surface area contributed by atoms with Crippen LogP contribution in [0.15, 0.2) is 23.0 Å². The first-order valence-corrected chi connectivity index (χ1v) is 5.65. The summed E-state index contributed by atoms with van der Waals surface area (Å²) in [4.78, 5) is 14.4. The van der Waals surface area contributed by atoms with Gasteiger partial charge in [-0.25, -0.2) is 4.79 Å². The lowest BCUT2D eigenvalue weighted by Crippen LogP contribution is -2.15. The number of aromatic amines is 1. The molecule has 1 aliphatic rings. The van der Waals surface area contributed by atoms with Crippen molar-refractivity contribution in [3.05, 3.63) is 34.2 Å². The molecule has 5 nitrogen and oxygen atoms in total. The van der Waals surface area contributed by atoms with Gasteiger partial charge in [0, 0.05) is 13.5 Å². The third-order valence-electron chi connectivity index (χ3n) is 3.08. The Labute approximate surface area is 98.0 Å². The van der Waals surface area contributed by atoms with Crippen molar-refractivity contribution in [3.63, 3.8) is 0 Å². The fourth-order valence-corrected chi connectivity index (χ4v) is 2.26. The third kappa shape index (κ3) is 1.77. The Hall–Kier alpha value is -1.59. The molecule has 0 atom stereocenters. The van der Waals surface area contributed by atoms with Crippen molar-refractivity contribution >= 4 is 11.0 Å². The minimum absolute atomic E-state index is 0.0966. The normalized spacial score (nSPS) is 17.0. The van der Waals surface area contributed by atoms with Gasteiger partial charge in [-0.3, -0.25) is 4.57 Å². The number of aromatic nitrogens is 2. The molecular formula is C12H14N2O3. The molecule has 0 bridgehead atoms. The summed E-state index contributed by atoms with van der Waals surface area (Å²) in [6.45, 7) is 1.29. The largest absolute Gasteiger partial charge is 0.350 e. The van der Waals surface area contributed by atoms with Crippen LogP contribution in [0, 0.1) is 0 Å². The molecule has 0 radical (unpaired) electrons. The SMILES string of the molecule is Cn1c(=O)[nH]c2cccc(CC3OCCO3)c21. The highest BCUT2D eigenvalue weighted by molar-refractivity contribution is 5.78. The van der Waals surface area contributed by atoms with Gasteiger partial charge in [-0.1, -0.05) is 12.1 Å². The average molecular weight is 234 g/mol. The molecule has 2 aromatic rings. The number of rotatable bonds is 2. The number of fused-ring (bicyclic) bond motifs is 1. The number of hydrogen-bond donors (Lipinski definition) is 1. The van der Waals surface area contributed by atoms with Gasteiger partial charge in [0.05, 0.1) is 24.2 Å². The van der Waals surface area contributed by atoms with Gasteiger partial charge >= 0.3 is 5.69 Å². The predicted molar refractivity (Wildman–Crippen MR) is 62.9 cm³/mol. The van der Waals surface area contributed by atoms with E-state index in [0.717, 1.165) is 16.6 Å². The van der Waals surface area contributed by atoms with Crippen LogP contribution >= 0.6 is 0 Å². The van der Waals surface area contributed by atoms with E-state index in [1.54, 1.807) is 11.6 Å². The van der Waals surface area contributed by atoms with E-state index in [1.807, 2.05) is 18.2 Å². The topological polar surface area (TPSA) is 56.2 Å². The molecule has 2 heterocycles. The summed E-state index contributed by atoms with van der Waals surface area (Å²) >= 11 is 0. The van der Waals surface area contributed by atoms with Crippen molar-refractivity contribution in [3.8, 4) is 0 Å². The molecule has 90 valence electrons. The van der Waals surface area contributed by atoms with Gasteiger partial charge in [-0.2, -0.15) is 0 Å². The van der Waals surface area contributed by atoms with Gasteiger partial charge in [0.1, 0.15) is 0 Å². The molecule has 1 aromatic heterocycles. The maximum absolute atomic E-state index is 11.6. The zero-order valence-corrected chi connectivity index (χ0v) is 9.60. The quantitative estimate of drug-likeness (QED) is 0.835. The molecule has 1 fully saturated rings. The van der Waals surface area contributed by atoms with Gasteiger partial charge < -0.3 is 14.5 Å². The van der Waals surface area contributed by atoms with Gasteiger partial charge in [-0.05, 0) is 11.6 Å². The lowest BCUT2D eigenvalue weighted by molar-refractivity contribution is -0.0398. The summed E-state index contributed by atoms with van der Waals surface area (Å²) in [5.74, 6) is 0. The van der Waals surface area contributed by atoms with Crippen LogP contribution < -0.4 is 5.69 Å². The molecule has 1 N–H and O–H groups in total. The van der Waals surface area contributed by atoms with E-state index in [1.165, 1.54) is 0 Å². The summed E-state index contributed by atoms with van der Waals surface area (Å²) in [5, 5.41) is 0. The van der Waals surface area contributed by atoms with Gasteiger partial charge in [0.2, 0.25) is 0 Å². The van der Waals surface area contributed by atoms with E-state index in [9.17, 15) is 4.79 Å². The zero-order chi connectivity index (χ0) is 11.8. The zero-order valence-electron chi connectivity index (χ0n) is 9.60. The van der Waals surface area contributed by atoms with E-state index in [0.29, 0.717) is 19.6 Å². The Balaban J connectivity index is 2.05. The Kier molecular flexibility index (Phi) is 2.49. The number of benzene rings is 1. The van der Waals surface area contributed by atoms with Crippen molar-refractivity contribution in [2.75, 3.05) is 13.2 Å². The van der Waals surface area contributed by atoms with Gasteiger partial charge in [0.25, 0.3) is 0 Å². The second kappa shape index (κ2) is 4.01. The minimum Gasteiger partial charge on any atom is -0.350 e. The first-order chi connectivity index (χ1) is 8.25. The van der Waals surface area contributed by atoms with Crippen molar-refractivity contribution in [1.29, 1.82) is 0 Å². The molecule has 0 amide bonds. The van der Waals surface area contributed by atoms with Crippen LogP contribution in [0.2, 0.25) is 0 Å². The molecule has 0 aliphatic carbocycles. The Bertz CT molecular complexity index is 593. The van der Waals surface area contributed by atoms with E-state index in [-0.39, 0.29) is 12.0 Å². The van der Waals surface area contributed by atoms with E-state index in [2.05, 4.69) is 4.98 Å². The predicted octanol–water partition coefficient (Wildman–Crippen LogP) is 0.782. The number of ether oxygens (including phenoxy) is 2. The van der Waals surface area contributed by atoms with Crippen molar-refractivity contribution < 1.29 is 9.47 Å². The molecule has 1 aromatic carbocycles. The number of nitrogens with one attached hydrogen (secondary N) is 1. The fourth-order valence-electron chi connectivity index (χ4n) is 2.26. The Morgan fingerprint density at radius 2 is 2.18 bits per heavy atom. The van der Waals surface area contributed by atoms with Crippen LogP contribution in [0.5, 0.6) is 0 Å². The third-order valence-corrected chi connectivity index (χ3v) is 3.08. The van der Waals surface area contributed by atoms with Crippen LogP contribution in [0.3, 0.4) is 0 Å². The molecular weight excluding hydrogens is 220 g/mol. The van der Waals surface area contributed by atoms with Crippen molar-refractivity contribution in [1.82, 2.24) is 9.55 Å². The first-order valence-electron chi connectivity index (χ1n) is 5.65. The van der Waals surface area contributed by atoms with Gasteiger partial charge in [-0.15, -0.1) is 0 Å². The molecule has 5 heteroatoms. The van der Waals surface area contributed by atoms with Crippen LogP contribution in [0.4, 0.5) is 0 Å². The smallest absolute Gasteiger partial charge is 0.326 e. The summed E-state index contributed by atoms with van der Waals surface area (Å²) < 4.78 is 12.5. The number of para-hydroxylation sites is 1. The molecule has 0 unspecified atom stereocenters. The first kappa shape index (κ1) is 10.6. The number of imidazole rings is 1. The Morgan fingerprint density at radius 1 is 1.41 bits per heavy atom. The van der Waals surface area contributed by atoms with Crippen molar-refractivity contribution in [2.24, 2.45) is 7.05 Å². The van der Waals surface area contributed by atoms with Gasteiger partial charge in [0.15, 0.2) is 6.29 Å². The van der Waals surface area contributed by atoms with Crippen LogP contribution in [-0.2, 0) is 22.9 Å². The molecule has 0 saturated carbocycles. The highest BCUT2D eigenvalue weighted by Gasteiger charge is 2.18. The highest BCUT2D eigenvalue weighted by atomic mass is 16.7. The number of H-pyrrole nitrogens is 1. The average Bonchev–Trinajstić information content (AvgIpc) is 2.90.